The van der Waals surface area contributed by atoms with E-state index in [1.807, 2.05) is 30.3 Å². The molecule has 0 N–H and O–H groups in total. The fourth-order valence-electron chi connectivity index (χ4n) is 1.31. The Labute approximate surface area is 105 Å². The van der Waals surface area contributed by atoms with E-state index in [4.69, 9.17) is 0 Å². The van der Waals surface area contributed by atoms with Gasteiger partial charge < -0.3 is 0 Å². The molecule has 0 amide bonds. The molecule has 0 saturated heterocycles. The highest BCUT2D eigenvalue weighted by molar-refractivity contribution is 5.42. The Morgan fingerprint density at radius 2 is 1.59 bits per heavy atom. The van der Waals surface area contributed by atoms with E-state index in [0.29, 0.717) is 0 Å². The topological polar surface area (TPSA) is 0 Å². The van der Waals surface area contributed by atoms with Crippen molar-refractivity contribution in [3.63, 3.8) is 0 Å². The molecule has 0 heteroatoms. The maximum atomic E-state index is 3.35. The molecule has 0 unspecified atom stereocenters. The van der Waals surface area contributed by atoms with Gasteiger partial charge in [0.25, 0.3) is 0 Å². The fourth-order valence-corrected chi connectivity index (χ4v) is 1.31. The van der Waals surface area contributed by atoms with E-state index < -0.39 is 0 Å². The molecule has 0 bridgehead atoms. The Kier molecular flexibility index (Phi) is 4.38. The highest BCUT2D eigenvalue weighted by Crippen LogP contribution is 2.23. The Balaban J connectivity index is 3.15. The lowest BCUT2D eigenvalue weighted by Crippen LogP contribution is -2.07. The largest absolute Gasteiger partial charge is 0.109 e. The molecule has 0 radical (unpaired) electrons. The van der Waals surface area contributed by atoms with Crippen LogP contribution in [0, 0.1) is 17.3 Å². The molecule has 0 aliphatic rings. The van der Waals surface area contributed by atoms with Gasteiger partial charge in [0.2, 0.25) is 0 Å². The van der Waals surface area contributed by atoms with E-state index in [2.05, 4.69) is 52.2 Å². The lowest BCUT2D eigenvalue weighted by molar-refractivity contribution is 0.522. The van der Waals surface area contributed by atoms with Gasteiger partial charge >= 0.3 is 0 Å². The average Bonchev–Trinajstić information content (AvgIpc) is 2.23. The summed E-state index contributed by atoms with van der Waals surface area (Å²) in [6.45, 7) is 10.6. The molecular weight excluding hydrogens is 204 g/mol. The molecule has 0 aliphatic carbocycles. The Hall–Kier alpha value is -1.70. The van der Waals surface area contributed by atoms with Gasteiger partial charge in [-0.1, -0.05) is 50.8 Å². The summed E-state index contributed by atoms with van der Waals surface area (Å²) in [4.78, 5) is 0. The van der Waals surface area contributed by atoms with Crippen LogP contribution in [0.3, 0.4) is 0 Å². The maximum Gasteiger partial charge on any atom is 0.0494 e. The van der Waals surface area contributed by atoms with Crippen LogP contribution in [0.5, 0.6) is 0 Å². The molecule has 1 aromatic carbocycles. The van der Waals surface area contributed by atoms with Crippen LogP contribution in [0.1, 0.15) is 40.2 Å². The van der Waals surface area contributed by atoms with Crippen LogP contribution >= 0.6 is 0 Å². The van der Waals surface area contributed by atoms with Crippen LogP contribution in [0.2, 0.25) is 0 Å². The van der Waals surface area contributed by atoms with E-state index in [1.54, 1.807) is 0 Å². The summed E-state index contributed by atoms with van der Waals surface area (Å²) in [5.74, 6) is 6.44. The summed E-state index contributed by atoms with van der Waals surface area (Å²) in [7, 11) is 0. The molecule has 1 rings (SSSR count). The van der Waals surface area contributed by atoms with Crippen molar-refractivity contribution < 1.29 is 0 Å². The van der Waals surface area contributed by atoms with E-state index in [-0.39, 0.29) is 5.41 Å². The minimum Gasteiger partial charge on any atom is -0.109 e. The molecule has 88 valence electrons. The van der Waals surface area contributed by atoms with Gasteiger partial charge in [0, 0.05) is 16.6 Å². The van der Waals surface area contributed by atoms with Gasteiger partial charge in [0.1, 0.15) is 0 Å². The molecule has 17 heavy (non-hydrogen) atoms. The number of hydrogen-bond donors (Lipinski definition) is 0. The summed E-state index contributed by atoms with van der Waals surface area (Å²) in [5.41, 5.74) is 6.66. The SMILES string of the molecule is CC(C)=C=C(C#Cc1ccccc1)C(C)(C)C. The molecular formula is C17H20. The van der Waals surface area contributed by atoms with Crippen molar-refractivity contribution >= 4 is 0 Å². The first-order valence-electron chi connectivity index (χ1n) is 5.91. The predicted molar refractivity (Wildman–Crippen MR) is 74.7 cm³/mol. The standard InChI is InChI=1S/C17H20/c1-14(2)13-16(17(3,4)5)12-11-15-9-7-6-8-10-15/h6-10H,1-5H3. The third-order valence-corrected chi connectivity index (χ3v) is 2.23. The first kappa shape index (κ1) is 13.4. The Bertz CT molecular complexity index is 488. The van der Waals surface area contributed by atoms with Gasteiger partial charge in [-0.3, -0.25) is 0 Å². The van der Waals surface area contributed by atoms with Gasteiger partial charge in [-0.25, -0.2) is 0 Å². The number of benzene rings is 1. The molecule has 0 fully saturated rings. The molecule has 0 saturated carbocycles. The van der Waals surface area contributed by atoms with Crippen molar-refractivity contribution in [1.82, 2.24) is 0 Å². The van der Waals surface area contributed by atoms with Crippen molar-refractivity contribution in [2.75, 3.05) is 0 Å². The van der Waals surface area contributed by atoms with Crippen LogP contribution in [-0.4, -0.2) is 0 Å². The second kappa shape index (κ2) is 5.58. The van der Waals surface area contributed by atoms with Crippen molar-refractivity contribution in [2.24, 2.45) is 5.41 Å². The van der Waals surface area contributed by atoms with Gasteiger partial charge in [-0.05, 0) is 31.6 Å². The predicted octanol–water partition coefficient (Wildman–Crippen LogP) is 4.58. The van der Waals surface area contributed by atoms with Crippen LogP contribution in [0.4, 0.5) is 0 Å². The van der Waals surface area contributed by atoms with Crippen LogP contribution in [0.15, 0.2) is 47.2 Å². The molecule has 0 aromatic heterocycles. The van der Waals surface area contributed by atoms with E-state index in [9.17, 15) is 0 Å². The van der Waals surface area contributed by atoms with E-state index in [0.717, 1.165) is 16.7 Å². The average molecular weight is 224 g/mol. The summed E-state index contributed by atoms with van der Waals surface area (Å²) in [5, 5.41) is 0. The van der Waals surface area contributed by atoms with Gasteiger partial charge in [0.15, 0.2) is 0 Å². The van der Waals surface area contributed by atoms with Crippen molar-refractivity contribution in [2.45, 2.75) is 34.6 Å². The first-order valence-corrected chi connectivity index (χ1v) is 5.91. The molecule has 0 aliphatic heterocycles. The van der Waals surface area contributed by atoms with Crippen molar-refractivity contribution in [3.8, 4) is 11.8 Å². The summed E-state index contributed by atoms with van der Waals surface area (Å²) in [6, 6.07) is 10.1. The molecule has 0 atom stereocenters. The molecule has 0 spiro atoms. The fraction of sp³-hybridized carbons (Fsp3) is 0.353. The summed E-state index contributed by atoms with van der Waals surface area (Å²) in [6.07, 6.45) is 0. The first-order chi connectivity index (χ1) is 7.89. The lowest BCUT2D eigenvalue weighted by Gasteiger charge is -2.16. The molecule has 1 aromatic rings. The second-order valence-electron chi connectivity index (χ2n) is 5.37. The minimum absolute atomic E-state index is 0.0407. The molecule has 0 heterocycles. The highest BCUT2D eigenvalue weighted by atomic mass is 14.2. The zero-order chi connectivity index (χ0) is 12.9. The Morgan fingerprint density at radius 1 is 1.00 bits per heavy atom. The van der Waals surface area contributed by atoms with E-state index in [1.165, 1.54) is 0 Å². The van der Waals surface area contributed by atoms with Crippen molar-refractivity contribution in [3.05, 3.63) is 52.8 Å². The Morgan fingerprint density at radius 3 is 2.06 bits per heavy atom. The zero-order valence-electron chi connectivity index (χ0n) is 11.4. The second-order valence-corrected chi connectivity index (χ2v) is 5.37. The third-order valence-electron chi connectivity index (χ3n) is 2.23. The van der Waals surface area contributed by atoms with Crippen LogP contribution < -0.4 is 0 Å². The molecule has 0 nitrogen and oxygen atoms in total. The number of hydrogen-bond acceptors (Lipinski definition) is 0. The van der Waals surface area contributed by atoms with Crippen LogP contribution in [-0.2, 0) is 0 Å². The van der Waals surface area contributed by atoms with Crippen molar-refractivity contribution in [1.29, 1.82) is 0 Å². The zero-order valence-corrected chi connectivity index (χ0v) is 11.4. The van der Waals surface area contributed by atoms with Gasteiger partial charge in [-0.2, -0.15) is 0 Å². The number of rotatable bonds is 0. The minimum atomic E-state index is 0.0407. The van der Waals surface area contributed by atoms with Crippen LogP contribution in [0.25, 0.3) is 0 Å². The lowest BCUT2D eigenvalue weighted by atomic mass is 9.87. The summed E-state index contributed by atoms with van der Waals surface area (Å²) >= 11 is 0. The maximum absolute atomic E-state index is 3.35. The quantitative estimate of drug-likeness (QED) is 0.447. The van der Waals surface area contributed by atoms with Gasteiger partial charge in [-0.15, -0.1) is 5.73 Å². The smallest absolute Gasteiger partial charge is 0.0494 e. The monoisotopic (exact) mass is 224 g/mol. The van der Waals surface area contributed by atoms with Gasteiger partial charge in [0.05, 0.1) is 0 Å². The normalized spacial score (nSPS) is 9.94. The highest BCUT2D eigenvalue weighted by Gasteiger charge is 2.14. The van der Waals surface area contributed by atoms with E-state index >= 15 is 0 Å². The third kappa shape index (κ3) is 4.77. The number of allylic oxidation sites excluding steroid dienone is 1. The summed E-state index contributed by atoms with van der Waals surface area (Å²) < 4.78 is 0.